The molecule has 108 valence electrons. The van der Waals surface area contributed by atoms with E-state index in [-0.39, 0.29) is 15.7 Å². The molecule has 1 heterocycles. The van der Waals surface area contributed by atoms with Crippen LogP contribution in [0.2, 0.25) is 5.02 Å². The predicted molar refractivity (Wildman–Crippen MR) is 80.7 cm³/mol. The van der Waals surface area contributed by atoms with Crippen LogP contribution >= 0.6 is 22.9 Å². The van der Waals surface area contributed by atoms with Crippen molar-refractivity contribution in [1.29, 1.82) is 0 Å². The van der Waals surface area contributed by atoms with E-state index < -0.39 is 10.0 Å². The third-order valence-corrected chi connectivity index (χ3v) is 5.50. The molecule has 0 aliphatic heterocycles. The Morgan fingerprint density at radius 1 is 1.40 bits per heavy atom. The smallest absolute Gasteiger partial charge is 0.263 e. The van der Waals surface area contributed by atoms with Gasteiger partial charge < -0.3 is 5.73 Å². The Bertz CT molecular complexity index is 720. The monoisotopic (exact) mass is 332 g/mol. The molecule has 20 heavy (non-hydrogen) atoms. The summed E-state index contributed by atoms with van der Waals surface area (Å²) in [6.07, 6.45) is 0.701. The quantitative estimate of drug-likeness (QED) is 0.838. The van der Waals surface area contributed by atoms with Crippen LogP contribution in [0.25, 0.3) is 0 Å². The highest BCUT2D eigenvalue weighted by Gasteiger charge is 2.19. The molecule has 0 aliphatic rings. The molecule has 1 aromatic heterocycles. The lowest BCUT2D eigenvalue weighted by Gasteiger charge is -2.08. The number of benzene rings is 1. The fraction of sp³-hybridized carbons (Fsp3) is 0.273. The van der Waals surface area contributed by atoms with Gasteiger partial charge in [0.2, 0.25) is 5.13 Å². The van der Waals surface area contributed by atoms with E-state index in [4.69, 9.17) is 17.3 Å². The molecule has 1 aromatic carbocycles. The number of nitrogens with one attached hydrogen (secondary N) is 1. The molecule has 9 heteroatoms. The Balaban J connectivity index is 2.35. The molecule has 0 saturated carbocycles. The summed E-state index contributed by atoms with van der Waals surface area (Å²) in [5.74, 6) is 0. The highest BCUT2D eigenvalue weighted by Crippen LogP contribution is 2.28. The van der Waals surface area contributed by atoms with E-state index in [1.807, 2.05) is 6.92 Å². The zero-order valence-corrected chi connectivity index (χ0v) is 13.2. The van der Waals surface area contributed by atoms with Gasteiger partial charge in [-0.1, -0.05) is 29.9 Å². The predicted octanol–water partition coefficient (Wildman–Crippen LogP) is 2.45. The fourth-order valence-electron chi connectivity index (χ4n) is 1.53. The summed E-state index contributed by atoms with van der Waals surface area (Å²) in [6.45, 7) is 3.61. The Kier molecular flexibility index (Phi) is 4.17. The standard InChI is InChI=1S/C11H13ClN4O2S2/c1-3-9-14-15-11(19-9)16-20(17,18)7-4-6(2)10(12)8(13)5-7/h4-5H,3,13H2,1-2H3,(H,15,16). The van der Waals surface area contributed by atoms with Gasteiger partial charge in [-0.15, -0.1) is 10.2 Å². The Hall–Kier alpha value is -1.38. The van der Waals surface area contributed by atoms with Gasteiger partial charge >= 0.3 is 0 Å². The van der Waals surface area contributed by atoms with E-state index in [0.717, 1.165) is 5.01 Å². The number of aryl methyl sites for hydroxylation is 2. The first kappa shape index (κ1) is 15.0. The molecular weight excluding hydrogens is 320 g/mol. The lowest BCUT2D eigenvalue weighted by Crippen LogP contribution is -2.13. The topological polar surface area (TPSA) is 98.0 Å². The second-order valence-corrected chi connectivity index (χ2v) is 7.23. The van der Waals surface area contributed by atoms with Gasteiger partial charge in [0.25, 0.3) is 10.0 Å². The number of aromatic nitrogens is 2. The molecule has 2 rings (SSSR count). The van der Waals surface area contributed by atoms with Gasteiger partial charge in [-0.25, -0.2) is 8.42 Å². The van der Waals surface area contributed by atoms with Crippen LogP contribution < -0.4 is 10.5 Å². The van der Waals surface area contributed by atoms with Gasteiger partial charge in [-0.3, -0.25) is 4.72 Å². The van der Waals surface area contributed by atoms with E-state index in [2.05, 4.69) is 14.9 Å². The van der Waals surface area contributed by atoms with Crippen LogP contribution in [-0.2, 0) is 16.4 Å². The summed E-state index contributed by atoms with van der Waals surface area (Å²) >= 11 is 7.12. The van der Waals surface area contributed by atoms with Gasteiger partial charge in [0.1, 0.15) is 5.01 Å². The molecule has 0 atom stereocenters. The van der Waals surface area contributed by atoms with Crippen molar-refractivity contribution >= 4 is 43.8 Å². The van der Waals surface area contributed by atoms with E-state index in [1.54, 1.807) is 6.92 Å². The summed E-state index contributed by atoms with van der Waals surface area (Å²) in [4.78, 5) is 0.0464. The SMILES string of the molecule is CCc1nnc(NS(=O)(=O)c2cc(C)c(Cl)c(N)c2)s1. The van der Waals surface area contributed by atoms with Gasteiger partial charge in [0.15, 0.2) is 0 Å². The summed E-state index contributed by atoms with van der Waals surface area (Å²) in [5, 5.41) is 8.98. The van der Waals surface area contributed by atoms with Crippen molar-refractivity contribution in [2.45, 2.75) is 25.2 Å². The van der Waals surface area contributed by atoms with Gasteiger partial charge in [0, 0.05) is 0 Å². The third-order valence-electron chi connectivity index (χ3n) is 2.56. The lowest BCUT2D eigenvalue weighted by atomic mass is 10.2. The van der Waals surface area contributed by atoms with E-state index >= 15 is 0 Å². The Morgan fingerprint density at radius 3 is 2.65 bits per heavy atom. The molecule has 0 fully saturated rings. The number of hydrogen-bond donors (Lipinski definition) is 2. The minimum Gasteiger partial charge on any atom is -0.397 e. The van der Waals surface area contributed by atoms with Crippen LogP contribution in [0.5, 0.6) is 0 Å². The van der Waals surface area contributed by atoms with Gasteiger partial charge in [0.05, 0.1) is 15.6 Å². The summed E-state index contributed by atoms with van der Waals surface area (Å²) in [5.41, 5.74) is 6.50. The van der Waals surface area contributed by atoms with Crippen molar-refractivity contribution in [3.05, 3.63) is 27.7 Å². The normalized spacial score (nSPS) is 11.6. The van der Waals surface area contributed by atoms with Crippen molar-refractivity contribution < 1.29 is 8.42 Å². The number of nitrogens with zero attached hydrogens (tertiary/aromatic N) is 2. The Morgan fingerprint density at radius 2 is 2.10 bits per heavy atom. The van der Waals surface area contributed by atoms with Gasteiger partial charge in [-0.2, -0.15) is 0 Å². The van der Waals surface area contributed by atoms with Crippen molar-refractivity contribution in [3.63, 3.8) is 0 Å². The maximum atomic E-state index is 12.2. The molecule has 0 amide bonds. The second-order valence-electron chi connectivity index (χ2n) is 4.10. The minimum atomic E-state index is -3.75. The average molecular weight is 333 g/mol. The van der Waals surface area contributed by atoms with E-state index in [9.17, 15) is 8.42 Å². The van der Waals surface area contributed by atoms with Crippen molar-refractivity contribution in [3.8, 4) is 0 Å². The maximum Gasteiger partial charge on any atom is 0.263 e. The largest absolute Gasteiger partial charge is 0.397 e. The molecule has 0 saturated heterocycles. The number of rotatable bonds is 4. The van der Waals surface area contributed by atoms with Crippen LogP contribution in [0.15, 0.2) is 17.0 Å². The van der Waals surface area contributed by atoms with Crippen LogP contribution in [0.1, 0.15) is 17.5 Å². The lowest BCUT2D eigenvalue weighted by molar-refractivity contribution is 0.601. The van der Waals surface area contributed by atoms with Crippen LogP contribution in [-0.4, -0.2) is 18.6 Å². The zero-order chi connectivity index (χ0) is 14.9. The highest BCUT2D eigenvalue weighted by molar-refractivity contribution is 7.93. The molecule has 0 spiro atoms. The molecule has 6 nitrogen and oxygen atoms in total. The number of sulfonamides is 1. The fourth-order valence-corrected chi connectivity index (χ4v) is 3.67. The summed E-state index contributed by atoms with van der Waals surface area (Å²) in [7, 11) is -3.75. The number of nitrogen functional groups attached to an aromatic ring is 1. The molecule has 3 N–H and O–H groups in total. The highest BCUT2D eigenvalue weighted by atomic mass is 35.5. The van der Waals surface area contributed by atoms with Crippen LogP contribution in [0, 0.1) is 6.92 Å². The van der Waals surface area contributed by atoms with Crippen molar-refractivity contribution in [2.24, 2.45) is 0 Å². The van der Waals surface area contributed by atoms with Crippen molar-refractivity contribution in [2.75, 3.05) is 10.5 Å². The number of nitrogens with two attached hydrogens (primary N) is 1. The van der Waals surface area contributed by atoms with Crippen LogP contribution in [0.4, 0.5) is 10.8 Å². The number of halogens is 1. The molecular formula is C11H13ClN4O2S2. The molecule has 0 bridgehead atoms. The average Bonchev–Trinajstić information content (AvgIpc) is 2.82. The van der Waals surface area contributed by atoms with Gasteiger partial charge in [-0.05, 0) is 31.0 Å². The zero-order valence-electron chi connectivity index (χ0n) is 10.8. The number of hydrogen-bond acceptors (Lipinski definition) is 6. The molecule has 0 radical (unpaired) electrons. The summed E-state index contributed by atoms with van der Waals surface area (Å²) in [6, 6.07) is 2.78. The Labute approximate surface area is 126 Å². The van der Waals surface area contributed by atoms with Crippen molar-refractivity contribution in [1.82, 2.24) is 10.2 Å². The van der Waals surface area contributed by atoms with E-state index in [0.29, 0.717) is 17.0 Å². The first-order valence-corrected chi connectivity index (χ1v) is 8.42. The summed E-state index contributed by atoms with van der Waals surface area (Å²) < 4.78 is 26.9. The van der Waals surface area contributed by atoms with E-state index in [1.165, 1.54) is 23.5 Å². The first-order valence-electron chi connectivity index (χ1n) is 5.74. The second kappa shape index (κ2) is 5.55. The number of anilines is 2. The third kappa shape index (κ3) is 3.02. The van der Waals surface area contributed by atoms with Crippen LogP contribution in [0.3, 0.4) is 0 Å². The molecule has 0 unspecified atom stereocenters. The molecule has 0 aliphatic carbocycles. The molecule has 2 aromatic rings. The minimum absolute atomic E-state index is 0.0464. The first-order chi connectivity index (χ1) is 9.33. The maximum absolute atomic E-state index is 12.2.